The van der Waals surface area contributed by atoms with Crippen LogP contribution in [0.2, 0.25) is 10.0 Å². The van der Waals surface area contributed by atoms with Gasteiger partial charge in [-0.05, 0) is 31.2 Å². The summed E-state index contributed by atoms with van der Waals surface area (Å²) in [5, 5.41) is 4.95. The van der Waals surface area contributed by atoms with Crippen molar-refractivity contribution in [3.8, 4) is 11.6 Å². The summed E-state index contributed by atoms with van der Waals surface area (Å²) in [5.41, 5.74) is 9.47. The zero-order valence-electron chi connectivity index (χ0n) is 23.0. The molecule has 6 rings (SSSR count). The van der Waals surface area contributed by atoms with Crippen molar-refractivity contribution in [2.24, 2.45) is 0 Å². The molecule has 1 fully saturated rings. The molecule has 42 heavy (non-hydrogen) atoms. The molecule has 218 valence electrons. The number of rotatable bonds is 6. The van der Waals surface area contributed by atoms with Crippen molar-refractivity contribution in [2.45, 2.75) is 13.8 Å². The lowest BCUT2D eigenvalue weighted by molar-refractivity contribution is 0.102. The van der Waals surface area contributed by atoms with Crippen LogP contribution in [0.15, 0.2) is 29.9 Å². The van der Waals surface area contributed by atoms with Crippen LogP contribution in [0.4, 0.5) is 21.7 Å². The number of ether oxygens (including phenoxy) is 1. The molecule has 0 atom stereocenters. The molecule has 0 bridgehead atoms. The van der Waals surface area contributed by atoms with Gasteiger partial charge in [-0.1, -0.05) is 30.1 Å². The number of hydrogen-bond acceptors (Lipinski definition) is 9. The van der Waals surface area contributed by atoms with Crippen molar-refractivity contribution in [3.05, 3.63) is 56.9 Å². The Balaban J connectivity index is 1.37. The first-order valence-corrected chi connectivity index (χ1v) is 14.9. The molecule has 14 heteroatoms. The summed E-state index contributed by atoms with van der Waals surface area (Å²) in [4.78, 5) is 31.1. The monoisotopic (exact) mass is 628 g/mol. The van der Waals surface area contributed by atoms with E-state index in [2.05, 4.69) is 32.1 Å². The molecular formula is C28H27Cl2FN8O2S. The fourth-order valence-corrected chi connectivity index (χ4v) is 6.71. The Labute approximate surface area is 254 Å². The van der Waals surface area contributed by atoms with Gasteiger partial charge in [-0.2, -0.15) is 0 Å². The smallest absolute Gasteiger partial charge is 0.258 e. The Morgan fingerprint density at radius 1 is 1.17 bits per heavy atom. The second-order valence-corrected chi connectivity index (χ2v) is 11.5. The minimum absolute atomic E-state index is 0.141. The fraction of sp³-hybridized carbons (Fsp3) is 0.286. The minimum Gasteiger partial charge on any atom is -0.495 e. The van der Waals surface area contributed by atoms with Crippen LogP contribution in [-0.4, -0.2) is 70.2 Å². The maximum Gasteiger partial charge on any atom is 0.258 e. The average Bonchev–Trinajstić information content (AvgIpc) is 3.57. The van der Waals surface area contributed by atoms with Gasteiger partial charge in [0, 0.05) is 37.6 Å². The van der Waals surface area contributed by atoms with Crippen LogP contribution in [0.25, 0.3) is 27.1 Å². The number of nitrogens with zero attached hydrogens (tertiary/aromatic N) is 6. The second-order valence-electron chi connectivity index (χ2n) is 9.90. The number of hydrogen-bond donors (Lipinski definition) is 2. The number of carbonyl (C=O) groups excluding carboxylic acids is 1. The van der Waals surface area contributed by atoms with Crippen molar-refractivity contribution >= 4 is 79.0 Å². The SMILES string of the molecule is CCN1CCN(c2cc3nc(N)n(-c4ncnc5c(C(=O)Nc6c(Cl)c(C)cc(OC)c6Cl)csc45)c3cc2F)CC1. The lowest BCUT2D eigenvalue weighted by atomic mass is 10.2. The van der Waals surface area contributed by atoms with Crippen molar-refractivity contribution < 1.29 is 13.9 Å². The van der Waals surface area contributed by atoms with E-state index in [0.29, 0.717) is 49.1 Å². The van der Waals surface area contributed by atoms with Gasteiger partial charge in [-0.3, -0.25) is 9.36 Å². The normalized spacial score (nSPS) is 14.2. The number of imidazole rings is 1. The molecule has 3 aromatic heterocycles. The molecule has 4 heterocycles. The Kier molecular flexibility index (Phi) is 7.56. The molecule has 10 nitrogen and oxygen atoms in total. The van der Waals surface area contributed by atoms with E-state index in [1.807, 2.05) is 4.90 Å². The van der Waals surface area contributed by atoms with Gasteiger partial charge in [0.05, 0.1) is 50.3 Å². The summed E-state index contributed by atoms with van der Waals surface area (Å²) in [5.74, 6) is 0.0788. The summed E-state index contributed by atoms with van der Waals surface area (Å²) >= 11 is 14.2. The highest BCUT2D eigenvalue weighted by molar-refractivity contribution is 7.18. The molecule has 0 spiro atoms. The summed E-state index contributed by atoms with van der Waals surface area (Å²) in [7, 11) is 1.48. The summed E-state index contributed by atoms with van der Waals surface area (Å²) in [6.07, 6.45) is 1.33. The molecule has 3 N–H and O–H groups in total. The van der Waals surface area contributed by atoms with E-state index in [4.69, 9.17) is 33.7 Å². The van der Waals surface area contributed by atoms with Crippen LogP contribution in [0, 0.1) is 12.7 Å². The van der Waals surface area contributed by atoms with Crippen molar-refractivity contribution in [1.82, 2.24) is 24.4 Å². The van der Waals surface area contributed by atoms with Crippen LogP contribution in [0.5, 0.6) is 5.75 Å². The van der Waals surface area contributed by atoms with Crippen LogP contribution in [-0.2, 0) is 0 Å². The predicted molar refractivity (Wildman–Crippen MR) is 166 cm³/mol. The predicted octanol–water partition coefficient (Wildman–Crippen LogP) is 5.77. The largest absolute Gasteiger partial charge is 0.495 e. The van der Waals surface area contributed by atoms with Gasteiger partial charge in [-0.25, -0.2) is 19.3 Å². The maximum atomic E-state index is 15.5. The number of anilines is 3. The van der Waals surface area contributed by atoms with E-state index in [-0.39, 0.29) is 28.0 Å². The van der Waals surface area contributed by atoms with Crippen LogP contribution >= 0.6 is 34.5 Å². The number of nitrogens with two attached hydrogens (primary N) is 1. The lowest BCUT2D eigenvalue weighted by Gasteiger charge is -2.35. The van der Waals surface area contributed by atoms with Gasteiger partial charge in [0.2, 0.25) is 5.95 Å². The molecule has 2 aromatic carbocycles. The number of nitrogens with one attached hydrogen (secondary N) is 1. The number of piperazine rings is 1. The number of benzene rings is 2. The van der Waals surface area contributed by atoms with E-state index in [0.717, 1.165) is 32.7 Å². The Bertz CT molecular complexity index is 1850. The Hall–Kier alpha value is -3.71. The molecule has 1 amide bonds. The topological polar surface area (TPSA) is 114 Å². The number of methoxy groups -OCH3 is 1. The van der Waals surface area contributed by atoms with Crippen LogP contribution in [0.3, 0.4) is 0 Å². The number of nitrogen functional groups attached to an aromatic ring is 1. The molecule has 1 saturated heterocycles. The first-order valence-electron chi connectivity index (χ1n) is 13.2. The number of thiophene rings is 1. The van der Waals surface area contributed by atoms with Gasteiger partial charge < -0.3 is 25.6 Å². The number of likely N-dealkylation sites (N-methyl/N-ethyl adjacent to an activating group) is 1. The minimum atomic E-state index is -0.468. The molecule has 0 saturated carbocycles. The standard InChI is InChI=1S/C28H27Cl2FN8O2S/c1-4-37-5-7-38(8-6-37)18-11-17-19(10-16(18)31)39(28(32)35-17)26-25-23(33-13-34-26)15(12-42-25)27(40)36-24-21(29)14(2)9-20(41-3)22(24)30/h9-13H,4-8H2,1-3H3,(H2,32,35)(H,36,40). The average molecular weight is 630 g/mol. The number of amides is 1. The first-order chi connectivity index (χ1) is 20.2. The molecule has 1 aliphatic rings. The number of halogens is 3. The third-order valence-corrected chi connectivity index (χ3v) is 9.34. The molecule has 0 unspecified atom stereocenters. The summed E-state index contributed by atoms with van der Waals surface area (Å²) in [6.45, 7) is 8.07. The fourth-order valence-electron chi connectivity index (χ4n) is 5.21. The summed E-state index contributed by atoms with van der Waals surface area (Å²) < 4.78 is 23.0. The number of carbonyl (C=O) groups is 1. The van der Waals surface area contributed by atoms with Crippen molar-refractivity contribution in [2.75, 3.05) is 55.8 Å². The van der Waals surface area contributed by atoms with Gasteiger partial charge >= 0.3 is 0 Å². The quantitative estimate of drug-likeness (QED) is 0.244. The first kappa shape index (κ1) is 28.4. The van der Waals surface area contributed by atoms with E-state index >= 15 is 4.39 Å². The molecular weight excluding hydrogens is 602 g/mol. The third kappa shape index (κ3) is 4.77. The van der Waals surface area contributed by atoms with E-state index in [9.17, 15) is 4.79 Å². The summed E-state index contributed by atoms with van der Waals surface area (Å²) in [6, 6.07) is 4.86. The Morgan fingerprint density at radius 2 is 1.93 bits per heavy atom. The molecule has 0 aliphatic carbocycles. The third-order valence-electron chi connectivity index (χ3n) is 7.51. The van der Waals surface area contributed by atoms with E-state index in [1.165, 1.54) is 30.8 Å². The molecule has 0 radical (unpaired) electrons. The van der Waals surface area contributed by atoms with Gasteiger partial charge in [0.25, 0.3) is 5.91 Å². The second kappa shape index (κ2) is 11.2. The van der Waals surface area contributed by atoms with Gasteiger partial charge in [-0.15, -0.1) is 11.3 Å². The zero-order chi connectivity index (χ0) is 29.7. The highest BCUT2D eigenvalue weighted by atomic mass is 35.5. The number of aryl methyl sites for hydroxylation is 1. The zero-order valence-corrected chi connectivity index (χ0v) is 25.4. The van der Waals surface area contributed by atoms with Crippen molar-refractivity contribution in [1.29, 1.82) is 0 Å². The van der Waals surface area contributed by atoms with E-state index in [1.54, 1.807) is 29.0 Å². The molecule has 5 aromatic rings. The van der Waals surface area contributed by atoms with Crippen LogP contribution in [0.1, 0.15) is 22.8 Å². The highest BCUT2D eigenvalue weighted by Gasteiger charge is 2.25. The number of aromatic nitrogens is 4. The molecule has 1 aliphatic heterocycles. The maximum absolute atomic E-state index is 15.5. The van der Waals surface area contributed by atoms with Gasteiger partial charge in [0.15, 0.2) is 5.82 Å². The lowest BCUT2D eigenvalue weighted by Crippen LogP contribution is -2.46. The number of fused-ring (bicyclic) bond motifs is 2. The van der Waals surface area contributed by atoms with Gasteiger partial charge in [0.1, 0.15) is 22.9 Å². The highest BCUT2D eigenvalue weighted by Crippen LogP contribution is 2.41. The van der Waals surface area contributed by atoms with Crippen molar-refractivity contribution in [3.63, 3.8) is 0 Å². The van der Waals surface area contributed by atoms with Crippen LogP contribution < -0.4 is 20.7 Å². The van der Waals surface area contributed by atoms with E-state index < -0.39 is 5.91 Å². The Morgan fingerprint density at radius 3 is 2.64 bits per heavy atom.